The van der Waals surface area contributed by atoms with Gasteiger partial charge in [0.05, 0.1) is 25.3 Å². The molecule has 3 aromatic rings. The van der Waals surface area contributed by atoms with Gasteiger partial charge in [-0.3, -0.25) is 9.59 Å². The summed E-state index contributed by atoms with van der Waals surface area (Å²) in [4.78, 5) is 31.2. The van der Waals surface area contributed by atoms with Crippen LogP contribution in [0.15, 0.2) is 41.8 Å². The van der Waals surface area contributed by atoms with Crippen molar-refractivity contribution in [3.05, 3.63) is 64.2 Å². The predicted molar refractivity (Wildman–Crippen MR) is 129 cm³/mol. The van der Waals surface area contributed by atoms with Crippen LogP contribution in [0, 0.1) is 20.8 Å². The van der Waals surface area contributed by atoms with Crippen LogP contribution in [0.5, 0.6) is 5.75 Å². The minimum Gasteiger partial charge on any atom is -0.494 e. The van der Waals surface area contributed by atoms with Gasteiger partial charge in [-0.25, -0.2) is 4.98 Å². The molecular weight excluding hydrogens is 422 g/mol. The van der Waals surface area contributed by atoms with Crippen molar-refractivity contribution in [3.63, 3.8) is 0 Å². The highest BCUT2D eigenvalue weighted by Gasteiger charge is 2.17. The Balaban J connectivity index is 1.57. The van der Waals surface area contributed by atoms with Crippen LogP contribution in [-0.2, 0) is 16.0 Å². The first-order valence-corrected chi connectivity index (χ1v) is 11.4. The molecular formula is C25H29N3O3S. The molecule has 1 aromatic heterocycles. The summed E-state index contributed by atoms with van der Waals surface area (Å²) in [5.74, 6) is 0.449. The molecule has 1 N–H and O–H groups in total. The van der Waals surface area contributed by atoms with E-state index >= 15 is 0 Å². The fourth-order valence-electron chi connectivity index (χ4n) is 3.53. The second-order valence-electron chi connectivity index (χ2n) is 7.85. The average Bonchev–Trinajstić information content (AvgIpc) is 3.20. The fraction of sp³-hybridized carbons (Fsp3) is 0.320. The molecule has 0 radical (unpaired) electrons. The van der Waals surface area contributed by atoms with Crippen LogP contribution in [0.4, 0.5) is 5.69 Å². The topological polar surface area (TPSA) is 71.5 Å². The van der Waals surface area contributed by atoms with Gasteiger partial charge in [-0.1, -0.05) is 17.7 Å². The Morgan fingerprint density at radius 1 is 1.09 bits per heavy atom. The number of aromatic nitrogens is 1. The monoisotopic (exact) mass is 451 g/mol. The number of anilines is 1. The number of carbonyl (C=O) groups is 2. The zero-order valence-electron chi connectivity index (χ0n) is 19.2. The molecule has 2 aromatic carbocycles. The number of benzene rings is 2. The summed E-state index contributed by atoms with van der Waals surface area (Å²) in [6, 6.07) is 11.8. The highest BCUT2D eigenvalue weighted by atomic mass is 32.1. The summed E-state index contributed by atoms with van der Waals surface area (Å²) in [7, 11) is 1.64. The van der Waals surface area contributed by atoms with Crippen LogP contribution in [-0.4, -0.2) is 41.9 Å². The Bertz CT molecular complexity index is 1080. The molecule has 0 bridgehead atoms. The molecule has 0 aliphatic heterocycles. The van der Waals surface area contributed by atoms with E-state index in [0.29, 0.717) is 12.3 Å². The smallest absolute Gasteiger partial charge is 0.243 e. The lowest BCUT2D eigenvalue weighted by atomic mass is 10.1. The largest absolute Gasteiger partial charge is 0.494 e. The summed E-state index contributed by atoms with van der Waals surface area (Å²) in [5.41, 5.74) is 5.65. The Kier molecular flexibility index (Phi) is 7.64. The van der Waals surface area contributed by atoms with Crippen molar-refractivity contribution in [1.82, 2.24) is 9.88 Å². The van der Waals surface area contributed by atoms with Crippen LogP contribution in [0.1, 0.15) is 29.3 Å². The molecule has 0 saturated heterocycles. The molecule has 0 atom stereocenters. The zero-order valence-corrected chi connectivity index (χ0v) is 20.0. The fourth-order valence-corrected chi connectivity index (χ4v) is 4.36. The molecule has 0 aliphatic rings. The van der Waals surface area contributed by atoms with Crippen molar-refractivity contribution in [3.8, 4) is 16.3 Å². The van der Waals surface area contributed by atoms with Gasteiger partial charge in [0.2, 0.25) is 11.8 Å². The second-order valence-corrected chi connectivity index (χ2v) is 8.71. The van der Waals surface area contributed by atoms with Gasteiger partial charge in [0, 0.05) is 23.7 Å². The first-order chi connectivity index (χ1) is 15.3. The lowest BCUT2D eigenvalue weighted by Crippen LogP contribution is -2.36. The van der Waals surface area contributed by atoms with Crippen LogP contribution in [0.25, 0.3) is 10.6 Å². The molecule has 32 heavy (non-hydrogen) atoms. The Morgan fingerprint density at radius 3 is 2.38 bits per heavy atom. The standard InChI is InChI=1S/C25H29N3O3S/c1-6-31-21-9-7-19(8-10-21)25-26-20(15-32-25)13-23(30)28(5)14-22(29)27-24-17(3)11-16(2)12-18(24)4/h7-12,15H,6,13-14H2,1-5H3,(H,27,29). The number of nitrogens with zero attached hydrogens (tertiary/aromatic N) is 2. The molecule has 0 spiro atoms. The van der Waals surface area contributed by atoms with E-state index in [2.05, 4.69) is 10.3 Å². The van der Waals surface area contributed by atoms with E-state index in [0.717, 1.165) is 38.7 Å². The van der Waals surface area contributed by atoms with Crippen molar-refractivity contribution in [1.29, 1.82) is 0 Å². The van der Waals surface area contributed by atoms with Gasteiger partial charge < -0.3 is 15.0 Å². The van der Waals surface area contributed by atoms with Crippen LogP contribution in [0.3, 0.4) is 0 Å². The molecule has 168 valence electrons. The first kappa shape index (κ1) is 23.5. The number of rotatable bonds is 8. The normalized spacial score (nSPS) is 10.7. The average molecular weight is 452 g/mol. The molecule has 0 saturated carbocycles. The molecule has 2 amide bonds. The van der Waals surface area contributed by atoms with Crippen LogP contribution >= 0.6 is 11.3 Å². The third kappa shape index (κ3) is 5.95. The molecule has 0 aliphatic carbocycles. The number of aryl methyl sites for hydroxylation is 3. The Labute approximate surface area is 193 Å². The molecule has 7 heteroatoms. The van der Waals surface area contributed by atoms with Gasteiger partial charge in [0.15, 0.2) is 0 Å². The first-order valence-electron chi connectivity index (χ1n) is 10.6. The van der Waals surface area contributed by atoms with Crippen molar-refractivity contribution in [2.45, 2.75) is 34.1 Å². The van der Waals surface area contributed by atoms with Gasteiger partial charge >= 0.3 is 0 Å². The van der Waals surface area contributed by atoms with Crippen molar-refractivity contribution < 1.29 is 14.3 Å². The number of carbonyl (C=O) groups excluding carboxylic acids is 2. The lowest BCUT2D eigenvalue weighted by molar-refractivity contribution is -0.132. The van der Waals surface area contributed by atoms with E-state index in [9.17, 15) is 9.59 Å². The van der Waals surface area contributed by atoms with Gasteiger partial charge in [-0.05, 0) is 63.1 Å². The summed E-state index contributed by atoms with van der Waals surface area (Å²) < 4.78 is 5.47. The van der Waals surface area contributed by atoms with Gasteiger partial charge in [0.25, 0.3) is 0 Å². The maximum absolute atomic E-state index is 12.6. The minimum absolute atomic E-state index is 0.0124. The van der Waals surface area contributed by atoms with Crippen LogP contribution in [0.2, 0.25) is 0 Å². The van der Waals surface area contributed by atoms with Gasteiger partial charge in [0.1, 0.15) is 10.8 Å². The number of thiazole rings is 1. The number of hydrogen-bond donors (Lipinski definition) is 1. The molecule has 6 nitrogen and oxygen atoms in total. The Morgan fingerprint density at radius 2 is 1.75 bits per heavy atom. The summed E-state index contributed by atoms with van der Waals surface area (Å²) in [6.07, 6.45) is 0.153. The lowest BCUT2D eigenvalue weighted by Gasteiger charge is -2.18. The van der Waals surface area contributed by atoms with E-state index in [4.69, 9.17) is 4.74 Å². The number of likely N-dealkylation sites (N-methyl/N-ethyl adjacent to an activating group) is 1. The molecule has 0 unspecified atom stereocenters. The van der Waals surface area contributed by atoms with Crippen molar-refractivity contribution in [2.24, 2.45) is 0 Å². The summed E-state index contributed by atoms with van der Waals surface area (Å²) in [6.45, 7) is 8.52. The predicted octanol–water partition coefficient (Wildman–Crippen LogP) is 4.77. The Hall–Kier alpha value is -3.19. The maximum atomic E-state index is 12.6. The highest BCUT2D eigenvalue weighted by Crippen LogP contribution is 2.26. The molecule has 3 rings (SSSR count). The van der Waals surface area contributed by atoms with E-state index in [-0.39, 0.29) is 24.8 Å². The van der Waals surface area contributed by atoms with Gasteiger partial charge in [-0.2, -0.15) is 0 Å². The number of ether oxygens (including phenoxy) is 1. The third-order valence-corrected chi connectivity index (χ3v) is 5.98. The van der Waals surface area contributed by atoms with E-state index in [1.54, 1.807) is 7.05 Å². The SMILES string of the molecule is CCOc1ccc(-c2nc(CC(=O)N(C)CC(=O)Nc3c(C)cc(C)cc3C)cs2)cc1. The quantitative estimate of drug-likeness (QED) is 0.535. The van der Waals surface area contributed by atoms with Crippen molar-refractivity contribution >= 4 is 28.8 Å². The minimum atomic E-state index is -0.218. The zero-order chi connectivity index (χ0) is 23.3. The van der Waals surface area contributed by atoms with Crippen molar-refractivity contribution in [2.75, 3.05) is 25.5 Å². The van der Waals surface area contributed by atoms with Crippen LogP contribution < -0.4 is 10.1 Å². The van der Waals surface area contributed by atoms with E-state index in [1.807, 2.05) is 69.5 Å². The van der Waals surface area contributed by atoms with E-state index < -0.39 is 0 Å². The second kappa shape index (κ2) is 10.4. The number of amides is 2. The number of hydrogen-bond acceptors (Lipinski definition) is 5. The highest BCUT2D eigenvalue weighted by molar-refractivity contribution is 7.13. The molecule has 1 heterocycles. The molecule has 0 fully saturated rings. The number of nitrogens with one attached hydrogen (secondary N) is 1. The van der Waals surface area contributed by atoms with E-state index in [1.165, 1.54) is 16.2 Å². The third-order valence-electron chi connectivity index (χ3n) is 5.04. The van der Waals surface area contributed by atoms with Gasteiger partial charge in [-0.15, -0.1) is 11.3 Å². The summed E-state index contributed by atoms with van der Waals surface area (Å²) in [5, 5.41) is 5.67. The summed E-state index contributed by atoms with van der Waals surface area (Å²) >= 11 is 1.49. The maximum Gasteiger partial charge on any atom is 0.243 e.